The summed E-state index contributed by atoms with van der Waals surface area (Å²) in [5.74, 6) is 1.25. The second kappa shape index (κ2) is 6.60. The molecule has 1 aromatic heterocycles. The molecule has 102 valence electrons. The second-order valence-corrected chi connectivity index (χ2v) is 3.76. The van der Waals surface area contributed by atoms with Gasteiger partial charge in [-0.25, -0.2) is 4.68 Å². The highest BCUT2D eigenvalue weighted by Gasteiger charge is 2.05. The van der Waals surface area contributed by atoms with E-state index in [0.29, 0.717) is 18.0 Å². The number of methoxy groups -OCH3 is 1. The zero-order valence-electron chi connectivity index (χ0n) is 10.6. The van der Waals surface area contributed by atoms with Crippen LogP contribution in [0.5, 0.6) is 11.5 Å². The van der Waals surface area contributed by atoms with Crippen LogP contribution in [0.4, 0.5) is 0 Å². The second-order valence-electron chi connectivity index (χ2n) is 3.76. The van der Waals surface area contributed by atoms with Gasteiger partial charge in [0.15, 0.2) is 11.5 Å². The van der Waals surface area contributed by atoms with Crippen LogP contribution < -0.4 is 14.9 Å². The first-order chi connectivity index (χ1) is 9.33. The number of ether oxygens (including phenoxy) is 2. The third kappa shape index (κ3) is 3.59. The van der Waals surface area contributed by atoms with Crippen LogP contribution >= 0.6 is 0 Å². The molecule has 0 bridgehead atoms. The number of benzene rings is 1. The molecule has 0 amide bonds. The van der Waals surface area contributed by atoms with E-state index in [1.54, 1.807) is 24.4 Å². The topological polar surface area (TPSA) is 81.4 Å². The number of hydrogen-bond acceptors (Lipinski definition) is 6. The van der Waals surface area contributed by atoms with Crippen molar-refractivity contribution in [2.24, 2.45) is 0 Å². The Bertz CT molecular complexity index is 502. The van der Waals surface area contributed by atoms with Gasteiger partial charge in [-0.2, -0.15) is 0 Å². The van der Waals surface area contributed by atoms with Gasteiger partial charge in [0.25, 0.3) is 0 Å². The molecule has 0 unspecified atom stereocenters. The minimum Gasteiger partial charge on any atom is -0.493 e. The van der Waals surface area contributed by atoms with Crippen LogP contribution in [0.25, 0.3) is 0 Å². The van der Waals surface area contributed by atoms with E-state index in [0.717, 1.165) is 5.56 Å². The molecular formula is C12H16N4O3. The van der Waals surface area contributed by atoms with E-state index < -0.39 is 0 Å². The summed E-state index contributed by atoms with van der Waals surface area (Å²) in [5.41, 5.74) is 4.14. The summed E-state index contributed by atoms with van der Waals surface area (Å²) in [7, 11) is 1.58. The van der Waals surface area contributed by atoms with Crippen molar-refractivity contribution < 1.29 is 14.6 Å². The fourth-order valence-corrected chi connectivity index (χ4v) is 1.56. The van der Waals surface area contributed by atoms with E-state index in [9.17, 15) is 0 Å². The summed E-state index contributed by atoms with van der Waals surface area (Å²) in [6, 6.07) is 5.62. The molecule has 0 radical (unpaired) electrons. The Morgan fingerprint density at radius 3 is 2.74 bits per heavy atom. The number of aliphatic hydroxyl groups is 1. The minimum absolute atomic E-state index is 0.0277. The van der Waals surface area contributed by atoms with E-state index in [-0.39, 0.29) is 13.2 Å². The Morgan fingerprint density at radius 1 is 1.26 bits per heavy atom. The largest absolute Gasteiger partial charge is 0.493 e. The number of hydrogen-bond donors (Lipinski definition) is 2. The van der Waals surface area contributed by atoms with Gasteiger partial charge in [-0.05, 0) is 17.7 Å². The first kappa shape index (κ1) is 13.2. The number of rotatable bonds is 7. The van der Waals surface area contributed by atoms with Crippen LogP contribution in [0.2, 0.25) is 0 Å². The van der Waals surface area contributed by atoms with Crippen LogP contribution in [-0.2, 0) is 6.54 Å². The lowest BCUT2D eigenvalue weighted by Crippen LogP contribution is -2.12. The lowest BCUT2D eigenvalue weighted by Gasteiger charge is -2.12. The molecule has 0 aliphatic carbocycles. The molecule has 2 rings (SSSR count). The van der Waals surface area contributed by atoms with Crippen LogP contribution in [0, 0.1) is 0 Å². The standard InChI is InChI=1S/C12H16N4O3/c1-18-12-6-10(2-3-11(12)19-5-4-17)7-15-16-8-13-14-9-16/h2-3,6,8-9,15,17H,4-5,7H2,1H3. The molecule has 0 fully saturated rings. The fraction of sp³-hybridized carbons (Fsp3) is 0.333. The van der Waals surface area contributed by atoms with Crippen molar-refractivity contribution in [1.82, 2.24) is 14.9 Å². The first-order valence-corrected chi connectivity index (χ1v) is 5.82. The van der Waals surface area contributed by atoms with Crippen molar-refractivity contribution >= 4 is 0 Å². The molecule has 0 spiro atoms. The van der Waals surface area contributed by atoms with Crippen molar-refractivity contribution in [3.05, 3.63) is 36.4 Å². The van der Waals surface area contributed by atoms with Gasteiger partial charge in [0, 0.05) is 0 Å². The third-order valence-corrected chi connectivity index (χ3v) is 2.46. The van der Waals surface area contributed by atoms with Crippen LogP contribution in [0.1, 0.15) is 5.56 Å². The van der Waals surface area contributed by atoms with Crippen molar-refractivity contribution in [2.45, 2.75) is 6.54 Å². The molecule has 0 saturated heterocycles. The summed E-state index contributed by atoms with van der Waals surface area (Å²) in [6.45, 7) is 0.823. The molecule has 2 N–H and O–H groups in total. The Balaban J connectivity index is 2.01. The Morgan fingerprint density at radius 2 is 2.05 bits per heavy atom. The van der Waals surface area contributed by atoms with E-state index in [1.807, 2.05) is 18.2 Å². The Kier molecular flexibility index (Phi) is 4.57. The summed E-state index contributed by atoms with van der Waals surface area (Å²) < 4.78 is 12.3. The predicted octanol–water partition coefficient (Wildman–Crippen LogP) is 0.401. The lowest BCUT2D eigenvalue weighted by atomic mass is 10.2. The number of aromatic nitrogens is 3. The van der Waals surface area contributed by atoms with Gasteiger partial charge < -0.3 is 20.0 Å². The highest BCUT2D eigenvalue weighted by Crippen LogP contribution is 2.27. The van der Waals surface area contributed by atoms with Crippen molar-refractivity contribution in [3.63, 3.8) is 0 Å². The van der Waals surface area contributed by atoms with Gasteiger partial charge in [-0.1, -0.05) is 6.07 Å². The SMILES string of the molecule is COc1cc(CNn2cnnc2)ccc1OCCO. The highest BCUT2D eigenvalue weighted by molar-refractivity contribution is 5.43. The van der Waals surface area contributed by atoms with Gasteiger partial charge in [0.1, 0.15) is 19.3 Å². The van der Waals surface area contributed by atoms with E-state index >= 15 is 0 Å². The lowest BCUT2D eigenvalue weighted by molar-refractivity contribution is 0.196. The molecule has 0 aliphatic heterocycles. The monoisotopic (exact) mass is 264 g/mol. The normalized spacial score (nSPS) is 10.2. The van der Waals surface area contributed by atoms with Gasteiger partial charge >= 0.3 is 0 Å². The number of nitrogens with one attached hydrogen (secondary N) is 1. The van der Waals surface area contributed by atoms with E-state index in [4.69, 9.17) is 14.6 Å². The van der Waals surface area contributed by atoms with Gasteiger partial charge in [0.2, 0.25) is 0 Å². The maximum Gasteiger partial charge on any atom is 0.161 e. The zero-order valence-corrected chi connectivity index (χ0v) is 10.6. The summed E-state index contributed by atoms with van der Waals surface area (Å²) in [4.78, 5) is 0. The van der Waals surface area contributed by atoms with Crippen molar-refractivity contribution in [1.29, 1.82) is 0 Å². The quantitative estimate of drug-likeness (QED) is 0.753. The third-order valence-electron chi connectivity index (χ3n) is 2.46. The molecule has 2 aromatic rings. The molecule has 1 aromatic carbocycles. The molecule has 0 aliphatic rings. The highest BCUT2D eigenvalue weighted by atomic mass is 16.5. The first-order valence-electron chi connectivity index (χ1n) is 5.82. The van der Waals surface area contributed by atoms with Gasteiger partial charge in [0.05, 0.1) is 20.3 Å². The number of aliphatic hydroxyl groups excluding tert-OH is 1. The number of nitrogens with zero attached hydrogens (tertiary/aromatic N) is 3. The predicted molar refractivity (Wildman–Crippen MR) is 68.7 cm³/mol. The molecule has 1 heterocycles. The smallest absolute Gasteiger partial charge is 0.161 e. The minimum atomic E-state index is -0.0277. The molecule has 0 atom stereocenters. The van der Waals surface area contributed by atoms with Crippen molar-refractivity contribution in [3.8, 4) is 11.5 Å². The average molecular weight is 264 g/mol. The summed E-state index contributed by atoms with van der Waals surface area (Å²) in [6.07, 6.45) is 3.16. The van der Waals surface area contributed by atoms with Crippen LogP contribution in [0.3, 0.4) is 0 Å². The molecule has 19 heavy (non-hydrogen) atoms. The zero-order chi connectivity index (χ0) is 13.5. The van der Waals surface area contributed by atoms with Crippen LogP contribution in [-0.4, -0.2) is 40.3 Å². The van der Waals surface area contributed by atoms with Crippen LogP contribution in [0.15, 0.2) is 30.9 Å². The Labute approximate surface area is 110 Å². The molecule has 0 saturated carbocycles. The molecule has 7 nitrogen and oxygen atoms in total. The van der Waals surface area contributed by atoms with Crippen molar-refractivity contribution in [2.75, 3.05) is 25.7 Å². The maximum absolute atomic E-state index is 8.75. The molecular weight excluding hydrogens is 248 g/mol. The molecule has 7 heteroatoms. The fourth-order valence-electron chi connectivity index (χ4n) is 1.56. The van der Waals surface area contributed by atoms with Gasteiger partial charge in [-0.3, -0.25) is 0 Å². The van der Waals surface area contributed by atoms with E-state index in [2.05, 4.69) is 15.6 Å². The maximum atomic E-state index is 8.75. The summed E-state index contributed by atoms with van der Waals surface area (Å²) in [5, 5.41) is 16.1. The summed E-state index contributed by atoms with van der Waals surface area (Å²) >= 11 is 0. The van der Waals surface area contributed by atoms with Gasteiger partial charge in [-0.15, -0.1) is 10.2 Å². The average Bonchev–Trinajstić information content (AvgIpc) is 2.96. The Hall–Kier alpha value is -2.28. The van der Waals surface area contributed by atoms with E-state index in [1.165, 1.54) is 0 Å².